The van der Waals surface area contributed by atoms with Crippen molar-refractivity contribution in [2.24, 2.45) is 0 Å². The predicted octanol–water partition coefficient (Wildman–Crippen LogP) is 3.88. The molecule has 0 atom stereocenters. The second kappa shape index (κ2) is 7.62. The molecule has 1 aliphatic heterocycles. The summed E-state index contributed by atoms with van der Waals surface area (Å²) < 4.78 is 0. The summed E-state index contributed by atoms with van der Waals surface area (Å²) in [5, 5.41) is 3.00. The van der Waals surface area contributed by atoms with Gasteiger partial charge in [-0.1, -0.05) is 54.1 Å². The standard InChI is InChI=1S/C23H23N3O/c1-17-6-8-18(9-7-17)15-25-23(27)20-10-12-24-22(14-20)26-13-11-19-4-2-3-5-21(19)16-26/h2-10,12,14H,11,13,15-16H2,1H3,(H,25,27). The molecule has 1 aliphatic rings. The monoisotopic (exact) mass is 357 g/mol. The van der Waals surface area contributed by atoms with Crippen LogP contribution in [0.5, 0.6) is 0 Å². The Hall–Kier alpha value is -3.14. The lowest BCUT2D eigenvalue weighted by Crippen LogP contribution is -2.31. The molecule has 0 radical (unpaired) electrons. The molecule has 0 unspecified atom stereocenters. The average Bonchev–Trinajstić information content (AvgIpc) is 2.73. The van der Waals surface area contributed by atoms with Crippen molar-refractivity contribution < 1.29 is 4.79 Å². The topological polar surface area (TPSA) is 45.2 Å². The molecule has 2 heterocycles. The van der Waals surface area contributed by atoms with Crippen molar-refractivity contribution in [2.75, 3.05) is 11.4 Å². The Kier molecular flexibility index (Phi) is 4.88. The lowest BCUT2D eigenvalue weighted by molar-refractivity contribution is 0.0951. The molecule has 3 aromatic rings. The van der Waals surface area contributed by atoms with Crippen molar-refractivity contribution in [3.8, 4) is 0 Å². The molecule has 27 heavy (non-hydrogen) atoms. The number of nitrogens with zero attached hydrogens (tertiary/aromatic N) is 2. The number of nitrogens with one attached hydrogen (secondary N) is 1. The van der Waals surface area contributed by atoms with Gasteiger partial charge < -0.3 is 10.2 Å². The molecule has 4 heteroatoms. The average molecular weight is 357 g/mol. The number of carbonyl (C=O) groups excluding carboxylic acids is 1. The van der Waals surface area contributed by atoms with Gasteiger partial charge in [-0.25, -0.2) is 4.98 Å². The van der Waals surface area contributed by atoms with Gasteiger partial charge in [-0.2, -0.15) is 0 Å². The van der Waals surface area contributed by atoms with Gasteiger partial charge in [0.15, 0.2) is 0 Å². The number of rotatable bonds is 4. The Labute approximate surface area is 159 Å². The summed E-state index contributed by atoms with van der Waals surface area (Å²) in [7, 11) is 0. The third-order valence-electron chi connectivity index (χ3n) is 5.04. The van der Waals surface area contributed by atoms with Crippen LogP contribution in [-0.4, -0.2) is 17.4 Å². The predicted molar refractivity (Wildman–Crippen MR) is 108 cm³/mol. The lowest BCUT2D eigenvalue weighted by atomic mass is 10.00. The van der Waals surface area contributed by atoms with Crippen LogP contribution in [0.4, 0.5) is 5.82 Å². The Morgan fingerprint density at radius 1 is 1.07 bits per heavy atom. The molecule has 0 spiro atoms. The molecule has 0 saturated heterocycles. The second-order valence-electron chi connectivity index (χ2n) is 7.01. The molecule has 0 bridgehead atoms. The summed E-state index contributed by atoms with van der Waals surface area (Å²) in [5.41, 5.74) is 5.69. The molecule has 136 valence electrons. The van der Waals surface area contributed by atoms with Gasteiger partial charge in [0, 0.05) is 31.4 Å². The van der Waals surface area contributed by atoms with Gasteiger partial charge >= 0.3 is 0 Å². The van der Waals surface area contributed by atoms with Gasteiger partial charge in [-0.15, -0.1) is 0 Å². The zero-order valence-electron chi connectivity index (χ0n) is 15.5. The Morgan fingerprint density at radius 2 is 1.85 bits per heavy atom. The number of hydrogen-bond acceptors (Lipinski definition) is 3. The van der Waals surface area contributed by atoms with E-state index in [1.54, 1.807) is 12.3 Å². The first kappa shape index (κ1) is 17.3. The zero-order valence-corrected chi connectivity index (χ0v) is 15.5. The summed E-state index contributed by atoms with van der Waals surface area (Å²) in [4.78, 5) is 19.3. The molecule has 4 nitrogen and oxygen atoms in total. The van der Waals surface area contributed by atoms with Gasteiger partial charge in [-0.3, -0.25) is 4.79 Å². The van der Waals surface area contributed by atoms with Crippen LogP contribution >= 0.6 is 0 Å². The van der Waals surface area contributed by atoms with Gasteiger partial charge in [0.25, 0.3) is 5.91 Å². The highest BCUT2D eigenvalue weighted by atomic mass is 16.1. The fraction of sp³-hybridized carbons (Fsp3) is 0.217. The van der Waals surface area contributed by atoms with Crippen LogP contribution in [0.15, 0.2) is 66.9 Å². The van der Waals surface area contributed by atoms with E-state index in [2.05, 4.69) is 58.5 Å². The summed E-state index contributed by atoms with van der Waals surface area (Å²) >= 11 is 0. The van der Waals surface area contributed by atoms with E-state index in [4.69, 9.17) is 0 Å². The van der Waals surface area contributed by atoms with Crippen LogP contribution < -0.4 is 10.2 Å². The highest BCUT2D eigenvalue weighted by Crippen LogP contribution is 2.23. The van der Waals surface area contributed by atoms with Crippen LogP contribution in [0, 0.1) is 6.92 Å². The number of hydrogen-bond donors (Lipinski definition) is 1. The number of anilines is 1. The number of carbonyl (C=O) groups is 1. The Balaban J connectivity index is 1.44. The number of pyridine rings is 1. The minimum absolute atomic E-state index is 0.0726. The largest absolute Gasteiger partial charge is 0.352 e. The van der Waals surface area contributed by atoms with E-state index in [-0.39, 0.29) is 5.91 Å². The van der Waals surface area contributed by atoms with Crippen LogP contribution in [0.25, 0.3) is 0 Å². The van der Waals surface area contributed by atoms with E-state index >= 15 is 0 Å². The minimum Gasteiger partial charge on any atom is -0.352 e. The molecule has 0 fully saturated rings. The molecule has 1 aromatic heterocycles. The fourth-order valence-electron chi connectivity index (χ4n) is 3.41. The molecule has 4 rings (SSSR count). The van der Waals surface area contributed by atoms with E-state index in [1.807, 2.05) is 18.2 Å². The number of amides is 1. The lowest BCUT2D eigenvalue weighted by Gasteiger charge is -2.29. The molecule has 2 aromatic carbocycles. The molecular formula is C23H23N3O. The van der Waals surface area contributed by atoms with Gasteiger partial charge in [-0.05, 0) is 42.2 Å². The molecular weight excluding hydrogens is 334 g/mol. The van der Waals surface area contributed by atoms with E-state index in [9.17, 15) is 4.79 Å². The van der Waals surface area contributed by atoms with Gasteiger partial charge in [0.05, 0.1) is 0 Å². The molecule has 0 saturated carbocycles. The smallest absolute Gasteiger partial charge is 0.251 e. The maximum atomic E-state index is 12.6. The van der Waals surface area contributed by atoms with Crippen molar-refractivity contribution in [1.29, 1.82) is 0 Å². The maximum Gasteiger partial charge on any atom is 0.251 e. The first-order valence-corrected chi connectivity index (χ1v) is 9.30. The SMILES string of the molecule is Cc1ccc(CNC(=O)c2ccnc(N3CCc4ccccc4C3)c2)cc1. The zero-order chi connectivity index (χ0) is 18.6. The third-order valence-corrected chi connectivity index (χ3v) is 5.04. The fourth-order valence-corrected chi connectivity index (χ4v) is 3.41. The van der Waals surface area contributed by atoms with Crippen LogP contribution in [-0.2, 0) is 19.5 Å². The number of benzene rings is 2. The van der Waals surface area contributed by atoms with Crippen molar-refractivity contribution in [3.63, 3.8) is 0 Å². The normalized spacial score (nSPS) is 13.1. The molecule has 0 aliphatic carbocycles. The first-order valence-electron chi connectivity index (χ1n) is 9.30. The number of aromatic nitrogens is 1. The van der Waals surface area contributed by atoms with Crippen LogP contribution in [0.3, 0.4) is 0 Å². The van der Waals surface area contributed by atoms with E-state index in [1.165, 1.54) is 16.7 Å². The quantitative estimate of drug-likeness (QED) is 0.771. The van der Waals surface area contributed by atoms with Crippen molar-refractivity contribution in [2.45, 2.75) is 26.4 Å². The maximum absolute atomic E-state index is 12.6. The van der Waals surface area contributed by atoms with Crippen molar-refractivity contribution in [1.82, 2.24) is 10.3 Å². The van der Waals surface area contributed by atoms with Crippen LogP contribution in [0.2, 0.25) is 0 Å². The molecule has 1 amide bonds. The second-order valence-corrected chi connectivity index (χ2v) is 7.01. The van der Waals surface area contributed by atoms with Crippen molar-refractivity contribution >= 4 is 11.7 Å². The highest BCUT2D eigenvalue weighted by molar-refractivity contribution is 5.94. The summed E-state index contributed by atoms with van der Waals surface area (Å²) in [6.07, 6.45) is 2.72. The highest BCUT2D eigenvalue weighted by Gasteiger charge is 2.18. The Morgan fingerprint density at radius 3 is 2.67 bits per heavy atom. The van der Waals surface area contributed by atoms with Gasteiger partial charge in [0.2, 0.25) is 0 Å². The number of fused-ring (bicyclic) bond motifs is 1. The third kappa shape index (κ3) is 4.00. The molecule has 1 N–H and O–H groups in total. The summed E-state index contributed by atoms with van der Waals surface area (Å²) in [5.74, 6) is 0.782. The van der Waals surface area contributed by atoms with E-state index in [0.717, 1.165) is 30.9 Å². The van der Waals surface area contributed by atoms with Gasteiger partial charge in [0.1, 0.15) is 5.82 Å². The number of aryl methyl sites for hydroxylation is 1. The minimum atomic E-state index is -0.0726. The summed E-state index contributed by atoms with van der Waals surface area (Å²) in [6, 6.07) is 20.4. The van der Waals surface area contributed by atoms with E-state index < -0.39 is 0 Å². The van der Waals surface area contributed by atoms with E-state index in [0.29, 0.717) is 12.1 Å². The summed E-state index contributed by atoms with van der Waals surface area (Å²) in [6.45, 7) is 4.32. The van der Waals surface area contributed by atoms with Crippen molar-refractivity contribution in [3.05, 3.63) is 94.7 Å². The first-order chi connectivity index (χ1) is 13.2. The Bertz CT molecular complexity index is 950. The van der Waals surface area contributed by atoms with Crippen LogP contribution in [0.1, 0.15) is 32.6 Å².